The van der Waals surface area contributed by atoms with Crippen LogP contribution < -0.4 is 0 Å². The van der Waals surface area contributed by atoms with Crippen molar-refractivity contribution in [1.29, 1.82) is 0 Å². The maximum atomic E-state index is 10.9. The Labute approximate surface area is 79.5 Å². The molecule has 0 spiro atoms. The molecule has 3 nitrogen and oxygen atoms in total. The highest BCUT2D eigenvalue weighted by Gasteiger charge is 2.11. The van der Waals surface area contributed by atoms with Crippen molar-refractivity contribution in [3.63, 3.8) is 0 Å². The number of carbonyl (C=O) groups excluding carboxylic acids is 2. The van der Waals surface area contributed by atoms with E-state index in [1.807, 2.05) is 0 Å². The molecule has 0 bridgehead atoms. The number of unbranched alkanes of at least 4 members (excludes halogenated alkanes) is 1. The van der Waals surface area contributed by atoms with Crippen LogP contribution in [0.2, 0.25) is 0 Å². The standard InChI is InChI=1S/C10H18O3/c1-8(11)6-4-5-7-10(13-3)9(2)12/h10H,4-7H2,1-3H3. The highest BCUT2D eigenvalue weighted by Crippen LogP contribution is 2.07. The number of rotatable bonds is 7. The Bertz CT molecular complexity index is 175. The minimum atomic E-state index is -0.285. The third-order valence-corrected chi connectivity index (χ3v) is 1.98. The van der Waals surface area contributed by atoms with Crippen molar-refractivity contribution in [3.05, 3.63) is 0 Å². The molecule has 0 aromatic rings. The number of ether oxygens (including phenoxy) is 1. The van der Waals surface area contributed by atoms with Crippen molar-refractivity contribution in [2.24, 2.45) is 0 Å². The summed E-state index contributed by atoms with van der Waals surface area (Å²) in [7, 11) is 1.54. The molecular weight excluding hydrogens is 168 g/mol. The number of hydrogen-bond acceptors (Lipinski definition) is 3. The molecule has 13 heavy (non-hydrogen) atoms. The summed E-state index contributed by atoms with van der Waals surface area (Å²) in [5, 5.41) is 0. The van der Waals surface area contributed by atoms with Gasteiger partial charge in [-0.05, 0) is 33.1 Å². The first-order valence-corrected chi connectivity index (χ1v) is 4.60. The molecule has 0 aromatic heterocycles. The van der Waals surface area contributed by atoms with Crippen LogP contribution in [0.5, 0.6) is 0 Å². The smallest absolute Gasteiger partial charge is 0.158 e. The molecule has 0 saturated heterocycles. The van der Waals surface area contributed by atoms with Crippen molar-refractivity contribution in [2.75, 3.05) is 7.11 Å². The lowest BCUT2D eigenvalue weighted by Crippen LogP contribution is -2.19. The van der Waals surface area contributed by atoms with Crippen molar-refractivity contribution in [3.8, 4) is 0 Å². The van der Waals surface area contributed by atoms with Gasteiger partial charge in [0, 0.05) is 13.5 Å². The summed E-state index contributed by atoms with van der Waals surface area (Å²) >= 11 is 0. The Kier molecular flexibility index (Phi) is 6.41. The van der Waals surface area contributed by atoms with Gasteiger partial charge in [0.2, 0.25) is 0 Å². The number of carbonyl (C=O) groups is 2. The molecule has 3 heteroatoms. The fraction of sp³-hybridized carbons (Fsp3) is 0.800. The van der Waals surface area contributed by atoms with Gasteiger partial charge in [-0.3, -0.25) is 4.79 Å². The predicted molar refractivity (Wildman–Crippen MR) is 50.6 cm³/mol. The Morgan fingerprint density at radius 2 is 1.85 bits per heavy atom. The summed E-state index contributed by atoms with van der Waals surface area (Å²) in [6.07, 6.45) is 2.76. The van der Waals surface area contributed by atoms with E-state index in [2.05, 4.69) is 0 Å². The molecule has 1 unspecified atom stereocenters. The summed E-state index contributed by atoms with van der Waals surface area (Å²) in [4.78, 5) is 21.5. The molecule has 0 radical (unpaired) electrons. The first-order chi connectivity index (χ1) is 6.07. The molecule has 0 aliphatic carbocycles. The molecular formula is C10H18O3. The van der Waals surface area contributed by atoms with Gasteiger partial charge < -0.3 is 9.53 Å². The Morgan fingerprint density at radius 3 is 2.23 bits per heavy atom. The molecule has 1 atom stereocenters. The Hall–Kier alpha value is -0.700. The van der Waals surface area contributed by atoms with Crippen LogP contribution in [-0.4, -0.2) is 24.8 Å². The van der Waals surface area contributed by atoms with Crippen LogP contribution in [0.25, 0.3) is 0 Å². The second-order valence-corrected chi connectivity index (χ2v) is 3.28. The van der Waals surface area contributed by atoms with Crippen LogP contribution in [0, 0.1) is 0 Å². The zero-order valence-corrected chi connectivity index (χ0v) is 8.63. The van der Waals surface area contributed by atoms with Gasteiger partial charge >= 0.3 is 0 Å². The van der Waals surface area contributed by atoms with Gasteiger partial charge in [0.15, 0.2) is 5.78 Å². The number of hydrogen-bond donors (Lipinski definition) is 0. The first-order valence-electron chi connectivity index (χ1n) is 4.60. The fourth-order valence-electron chi connectivity index (χ4n) is 1.19. The van der Waals surface area contributed by atoms with Crippen molar-refractivity contribution in [1.82, 2.24) is 0 Å². The van der Waals surface area contributed by atoms with Crippen molar-refractivity contribution < 1.29 is 14.3 Å². The second kappa shape index (κ2) is 6.78. The minimum Gasteiger partial charge on any atom is -0.374 e. The van der Waals surface area contributed by atoms with E-state index in [1.165, 1.54) is 14.0 Å². The van der Waals surface area contributed by atoms with Crippen molar-refractivity contribution >= 4 is 11.6 Å². The van der Waals surface area contributed by atoms with Crippen LogP contribution in [-0.2, 0) is 14.3 Å². The van der Waals surface area contributed by atoms with E-state index >= 15 is 0 Å². The molecule has 0 fully saturated rings. The normalized spacial score (nSPS) is 12.5. The molecule has 0 amide bonds. The lowest BCUT2D eigenvalue weighted by atomic mass is 10.1. The van der Waals surface area contributed by atoms with Crippen LogP contribution in [0.3, 0.4) is 0 Å². The van der Waals surface area contributed by atoms with Gasteiger partial charge in [-0.2, -0.15) is 0 Å². The zero-order valence-electron chi connectivity index (χ0n) is 8.63. The highest BCUT2D eigenvalue weighted by atomic mass is 16.5. The van der Waals surface area contributed by atoms with E-state index in [0.29, 0.717) is 6.42 Å². The van der Waals surface area contributed by atoms with E-state index in [1.54, 1.807) is 6.92 Å². The van der Waals surface area contributed by atoms with Crippen LogP contribution in [0.15, 0.2) is 0 Å². The van der Waals surface area contributed by atoms with Crippen LogP contribution in [0.4, 0.5) is 0 Å². The summed E-state index contributed by atoms with van der Waals surface area (Å²) in [6, 6.07) is 0. The van der Waals surface area contributed by atoms with E-state index in [-0.39, 0.29) is 17.7 Å². The topological polar surface area (TPSA) is 43.4 Å². The average Bonchev–Trinajstić information content (AvgIpc) is 2.03. The maximum absolute atomic E-state index is 10.9. The van der Waals surface area contributed by atoms with Gasteiger partial charge in [0.1, 0.15) is 11.9 Å². The molecule has 0 rings (SSSR count). The van der Waals surface area contributed by atoms with Gasteiger partial charge in [0.05, 0.1) is 0 Å². The summed E-state index contributed by atoms with van der Waals surface area (Å²) in [5.74, 6) is 0.266. The highest BCUT2D eigenvalue weighted by molar-refractivity contribution is 5.80. The molecule has 0 aliphatic heterocycles. The summed E-state index contributed by atoms with van der Waals surface area (Å²) in [5.41, 5.74) is 0. The molecule has 0 saturated carbocycles. The molecule has 0 aliphatic rings. The lowest BCUT2D eigenvalue weighted by molar-refractivity contribution is -0.126. The third kappa shape index (κ3) is 6.46. The molecule has 0 heterocycles. The monoisotopic (exact) mass is 186 g/mol. The number of ketones is 2. The van der Waals surface area contributed by atoms with E-state index in [4.69, 9.17) is 4.74 Å². The first kappa shape index (κ1) is 12.3. The van der Waals surface area contributed by atoms with Gasteiger partial charge in [0.25, 0.3) is 0 Å². The SMILES string of the molecule is COC(CCCCC(C)=O)C(C)=O. The van der Waals surface area contributed by atoms with E-state index in [9.17, 15) is 9.59 Å². The van der Waals surface area contributed by atoms with Crippen molar-refractivity contribution in [2.45, 2.75) is 45.6 Å². The Balaban J connectivity index is 3.50. The molecule has 0 aromatic carbocycles. The second-order valence-electron chi connectivity index (χ2n) is 3.28. The average molecular weight is 186 g/mol. The molecule has 0 N–H and O–H groups in total. The summed E-state index contributed by atoms with van der Waals surface area (Å²) in [6.45, 7) is 3.11. The van der Waals surface area contributed by atoms with Gasteiger partial charge in [-0.1, -0.05) is 0 Å². The fourth-order valence-corrected chi connectivity index (χ4v) is 1.19. The lowest BCUT2D eigenvalue weighted by Gasteiger charge is -2.10. The van der Waals surface area contributed by atoms with Crippen LogP contribution in [0.1, 0.15) is 39.5 Å². The minimum absolute atomic E-state index is 0.0605. The maximum Gasteiger partial charge on any atom is 0.158 e. The van der Waals surface area contributed by atoms with Gasteiger partial charge in [-0.15, -0.1) is 0 Å². The quantitative estimate of drug-likeness (QED) is 0.569. The summed E-state index contributed by atoms with van der Waals surface area (Å²) < 4.78 is 4.98. The zero-order chi connectivity index (χ0) is 10.3. The number of Topliss-reactive ketones (excluding diaryl/α,β-unsaturated/α-hetero) is 2. The van der Waals surface area contributed by atoms with E-state index < -0.39 is 0 Å². The predicted octanol–water partition coefficient (Wildman–Crippen LogP) is 1.74. The molecule has 76 valence electrons. The Morgan fingerprint density at radius 1 is 1.23 bits per heavy atom. The van der Waals surface area contributed by atoms with Crippen LogP contribution >= 0.6 is 0 Å². The number of methoxy groups -OCH3 is 1. The van der Waals surface area contributed by atoms with Gasteiger partial charge in [-0.25, -0.2) is 0 Å². The van der Waals surface area contributed by atoms with E-state index in [0.717, 1.165) is 19.3 Å². The largest absolute Gasteiger partial charge is 0.374 e. The third-order valence-electron chi connectivity index (χ3n) is 1.98.